The molecule has 146 valence electrons. The average molecular weight is 521 g/mol. The van der Waals surface area contributed by atoms with Gasteiger partial charge in [-0.3, -0.25) is 14.9 Å². The van der Waals surface area contributed by atoms with Gasteiger partial charge < -0.3 is 4.74 Å². The van der Waals surface area contributed by atoms with Crippen molar-refractivity contribution < 1.29 is 9.66 Å². The van der Waals surface area contributed by atoms with Crippen LogP contribution in [0.5, 0.6) is 5.75 Å². The van der Waals surface area contributed by atoms with Crippen molar-refractivity contribution in [3.8, 4) is 11.8 Å². The largest absolute Gasteiger partial charge is 0.471 e. The molecule has 0 unspecified atom stereocenters. The number of hydrogen-bond acceptors (Lipinski definition) is 7. The zero-order valence-corrected chi connectivity index (χ0v) is 18.0. The summed E-state index contributed by atoms with van der Waals surface area (Å²) in [5.41, 5.74) is 0.196. The van der Waals surface area contributed by atoms with E-state index in [1.807, 2.05) is 0 Å². The van der Waals surface area contributed by atoms with E-state index in [1.165, 1.54) is 18.3 Å². The van der Waals surface area contributed by atoms with Gasteiger partial charge in [-0.2, -0.15) is 15.0 Å². The Morgan fingerprint density at radius 3 is 2.83 bits per heavy atom. The lowest BCUT2D eigenvalue weighted by molar-refractivity contribution is -0.385. The number of nitriles is 1. The second-order valence-corrected chi connectivity index (χ2v) is 7.51. The lowest BCUT2D eigenvalue weighted by atomic mass is 10.2. The highest BCUT2D eigenvalue weighted by Crippen LogP contribution is 2.36. The first-order valence-electron chi connectivity index (χ1n) is 8.02. The highest BCUT2D eigenvalue weighted by Gasteiger charge is 2.20. The minimum absolute atomic E-state index is 0.0562. The fourth-order valence-electron chi connectivity index (χ4n) is 2.58. The van der Waals surface area contributed by atoms with Crippen LogP contribution in [-0.4, -0.2) is 27.4 Å². The second-order valence-electron chi connectivity index (χ2n) is 5.74. The Hall–Kier alpha value is -3.10. The van der Waals surface area contributed by atoms with Crippen molar-refractivity contribution in [1.82, 2.24) is 9.66 Å². The van der Waals surface area contributed by atoms with E-state index in [2.05, 4.69) is 41.9 Å². The van der Waals surface area contributed by atoms with Crippen LogP contribution in [0.15, 0.2) is 49.2 Å². The molecular weight excluding hydrogens is 510 g/mol. The predicted octanol–water partition coefficient (Wildman–Crippen LogP) is 3.92. The van der Waals surface area contributed by atoms with Gasteiger partial charge in [0.2, 0.25) is 5.75 Å². The first kappa shape index (κ1) is 20.6. The normalized spacial score (nSPS) is 11.0. The lowest BCUT2D eigenvalue weighted by Crippen LogP contribution is -2.20. The number of benzene rings is 2. The molecule has 0 saturated heterocycles. The Kier molecular flexibility index (Phi) is 6.05. The SMILES string of the molecule is Cc1nc2ccc(Br)cc2c(=O)n1N=Cc1cc(Br)c(OCC#N)c([N+](=O)[O-])c1. The van der Waals surface area contributed by atoms with Crippen LogP contribution in [0.2, 0.25) is 0 Å². The number of fused-ring (bicyclic) bond motifs is 1. The molecule has 3 rings (SSSR count). The first-order valence-corrected chi connectivity index (χ1v) is 9.61. The van der Waals surface area contributed by atoms with Gasteiger partial charge in [-0.25, -0.2) is 4.98 Å². The molecule has 0 bridgehead atoms. The van der Waals surface area contributed by atoms with E-state index < -0.39 is 4.92 Å². The molecule has 0 atom stereocenters. The van der Waals surface area contributed by atoms with Crippen LogP contribution in [0.4, 0.5) is 5.69 Å². The summed E-state index contributed by atoms with van der Waals surface area (Å²) >= 11 is 6.53. The molecule has 0 saturated carbocycles. The average Bonchev–Trinajstić information content (AvgIpc) is 2.67. The number of nitro benzene ring substituents is 1. The Morgan fingerprint density at radius 2 is 2.14 bits per heavy atom. The Bertz CT molecular complexity index is 1260. The van der Waals surface area contributed by atoms with E-state index in [4.69, 9.17) is 10.00 Å². The van der Waals surface area contributed by atoms with Gasteiger partial charge in [-0.05, 0) is 47.1 Å². The Balaban J connectivity index is 2.07. The molecule has 0 N–H and O–H groups in total. The standard InChI is InChI=1S/C18H11Br2N5O4/c1-10-23-15-3-2-12(19)8-13(15)18(26)24(10)22-9-11-6-14(20)17(29-5-4-21)16(7-11)25(27)28/h2-3,6-9H,5H2,1H3. The van der Waals surface area contributed by atoms with Gasteiger partial charge in [0.05, 0.1) is 26.5 Å². The topological polar surface area (TPSA) is 123 Å². The summed E-state index contributed by atoms with van der Waals surface area (Å²) in [5, 5.41) is 24.5. The Labute approximate surface area is 180 Å². The molecule has 3 aromatic rings. The zero-order chi connectivity index (χ0) is 21.1. The van der Waals surface area contributed by atoms with Gasteiger partial charge in [0.1, 0.15) is 11.9 Å². The molecule has 1 aromatic heterocycles. The molecule has 1 heterocycles. The van der Waals surface area contributed by atoms with Crippen LogP contribution >= 0.6 is 31.9 Å². The third-order valence-electron chi connectivity index (χ3n) is 3.82. The summed E-state index contributed by atoms with van der Waals surface area (Å²) in [5.74, 6) is 0.308. The van der Waals surface area contributed by atoms with Crippen molar-refractivity contribution in [2.45, 2.75) is 6.92 Å². The molecule has 0 radical (unpaired) electrons. The maximum Gasteiger partial charge on any atom is 0.312 e. The summed E-state index contributed by atoms with van der Waals surface area (Å²) in [6, 6.07) is 9.70. The second kappa shape index (κ2) is 8.50. The zero-order valence-electron chi connectivity index (χ0n) is 14.8. The van der Waals surface area contributed by atoms with Crippen molar-refractivity contribution in [1.29, 1.82) is 5.26 Å². The van der Waals surface area contributed by atoms with Gasteiger partial charge in [0, 0.05) is 16.1 Å². The van der Waals surface area contributed by atoms with Crippen molar-refractivity contribution >= 4 is 54.7 Å². The molecule has 9 nitrogen and oxygen atoms in total. The van der Waals surface area contributed by atoms with E-state index in [9.17, 15) is 14.9 Å². The number of halogens is 2. The fourth-order valence-corrected chi connectivity index (χ4v) is 3.52. The van der Waals surface area contributed by atoms with Gasteiger partial charge >= 0.3 is 5.69 Å². The van der Waals surface area contributed by atoms with Crippen LogP contribution < -0.4 is 10.3 Å². The number of nitro groups is 1. The summed E-state index contributed by atoms with van der Waals surface area (Å²) < 4.78 is 7.27. The third kappa shape index (κ3) is 4.33. The minimum atomic E-state index is -0.624. The fraction of sp³-hybridized carbons (Fsp3) is 0.111. The number of aromatic nitrogens is 2. The van der Waals surface area contributed by atoms with E-state index >= 15 is 0 Å². The molecule has 0 spiro atoms. The van der Waals surface area contributed by atoms with Crippen LogP contribution in [0.1, 0.15) is 11.4 Å². The first-order chi connectivity index (χ1) is 13.8. The molecule has 0 aliphatic rings. The smallest absolute Gasteiger partial charge is 0.312 e. The van der Waals surface area contributed by atoms with E-state index in [0.29, 0.717) is 22.3 Å². The molecule has 0 aliphatic carbocycles. The number of hydrogen-bond donors (Lipinski definition) is 0. The van der Waals surface area contributed by atoms with Crippen molar-refractivity contribution in [3.63, 3.8) is 0 Å². The number of rotatable bonds is 5. The summed E-state index contributed by atoms with van der Waals surface area (Å²) in [4.78, 5) is 27.9. The summed E-state index contributed by atoms with van der Waals surface area (Å²) in [6.07, 6.45) is 1.31. The monoisotopic (exact) mass is 519 g/mol. The Morgan fingerprint density at radius 1 is 1.38 bits per heavy atom. The predicted molar refractivity (Wildman–Crippen MR) is 113 cm³/mol. The van der Waals surface area contributed by atoms with Crippen molar-refractivity contribution in [2.75, 3.05) is 6.61 Å². The van der Waals surface area contributed by atoms with Gasteiger partial charge in [0.15, 0.2) is 6.61 Å². The highest BCUT2D eigenvalue weighted by molar-refractivity contribution is 9.10. The number of aryl methyl sites for hydroxylation is 1. The summed E-state index contributed by atoms with van der Waals surface area (Å²) in [7, 11) is 0. The van der Waals surface area contributed by atoms with Crippen molar-refractivity contribution in [2.24, 2.45) is 5.10 Å². The third-order valence-corrected chi connectivity index (χ3v) is 4.90. The lowest BCUT2D eigenvalue weighted by Gasteiger charge is -2.07. The van der Waals surface area contributed by atoms with E-state index in [1.54, 1.807) is 31.2 Å². The van der Waals surface area contributed by atoms with Crippen molar-refractivity contribution in [3.05, 3.63) is 71.1 Å². The number of nitrogens with zero attached hydrogens (tertiary/aromatic N) is 5. The summed E-state index contributed by atoms with van der Waals surface area (Å²) in [6.45, 7) is 1.30. The maximum absolute atomic E-state index is 12.8. The molecule has 0 amide bonds. The van der Waals surface area contributed by atoms with Gasteiger partial charge in [-0.15, -0.1) is 0 Å². The molecular formula is C18H11Br2N5O4. The van der Waals surface area contributed by atoms with Crippen LogP contribution in [0.25, 0.3) is 10.9 Å². The van der Waals surface area contributed by atoms with E-state index in [-0.39, 0.29) is 28.1 Å². The van der Waals surface area contributed by atoms with Gasteiger partial charge in [-0.1, -0.05) is 15.9 Å². The van der Waals surface area contributed by atoms with Gasteiger partial charge in [0.25, 0.3) is 5.56 Å². The van der Waals surface area contributed by atoms with Crippen LogP contribution in [0, 0.1) is 28.4 Å². The molecule has 11 heteroatoms. The molecule has 29 heavy (non-hydrogen) atoms. The molecule has 2 aromatic carbocycles. The molecule has 0 fully saturated rings. The minimum Gasteiger partial charge on any atom is -0.471 e. The number of ether oxygens (including phenoxy) is 1. The molecule has 0 aliphatic heterocycles. The quantitative estimate of drug-likeness (QED) is 0.285. The van der Waals surface area contributed by atoms with E-state index in [0.717, 1.165) is 9.15 Å². The van der Waals surface area contributed by atoms with Crippen LogP contribution in [-0.2, 0) is 0 Å². The van der Waals surface area contributed by atoms with Crippen LogP contribution in [0.3, 0.4) is 0 Å². The maximum atomic E-state index is 12.8. The highest BCUT2D eigenvalue weighted by atomic mass is 79.9.